The average Bonchev–Trinajstić information content (AvgIpc) is 2.67. The van der Waals surface area contributed by atoms with Crippen LogP contribution < -0.4 is 0 Å². The SMILES string of the molecule is C=C(C)C1=CCB(O)OC1CC/C(=C/c1ccc(O)cc1Cl)c1ccccc1. The standard InChI is InChI=1S/C23H24BClO3/c1-16(2)21-12-13-24(27)28-23(21)11-9-18(17-6-4-3-5-7-17)14-19-8-10-20(26)15-22(19)25/h3-8,10,12,14-15,23,26-27H,1,9,11,13H2,2H3/b18-14-. The Morgan fingerprint density at radius 2 is 2.04 bits per heavy atom. The van der Waals surface area contributed by atoms with E-state index in [0.29, 0.717) is 17.8 Å². The first kappa shape index (κ1) is 20.5. The fraction of sp³-hybridized carbons (Fsp3) is 0.217. The molecule has 5 heteroatoms. The van der Waals surface area contributed by atoms with Crippen molar-refractivity contribution >= 4 is 30.4 Å². The minimum atomic E-state index is -0.774. The fourth-order valence-corrected chi connectivity index (χ4v) is 3.64. The van der Waals surface area contributed by atoms with Crippen LogP contribution in [0.15, 0.2) is 72.3 Å². The molecule has 1 aliphatic heterocycles. The molecule has 2 aromatic rings. The summed E-state index contributed by atoms with van der Waals surface area (Å²) < 4.78 is 5.78. The van der Waals surface area contributed by atoms with E-state index in [9.17, 15) is 10.1 Å². The minimum absolute atomic E-state index is 0.143. The summed E-state index contributed by atoms with van der Waals surface area (Å²) in [4.78, 5) is 0. The van der Waals surface area contributed by atoms with Gasteiger partial charge >= 0.3 is 7.12 Å². The monoisotopic (exact) mass is 394 g/mol. The van der Waals surface area contributed by atoms with Crippen LogP contribution in [0.3, 0.4) is 0 Å². The molecule has 144 valence electrons. The van der Waals surface area contributed by atoms with Crippen LogP contribution >= 0.6 is 11.6 Å². The van der Waals surface area contributed by atoms with Crippen molar-refractivity contribution in [1.82, 2.24) is 0 Å². The van der Waals surface area contributed by atoms with Gasteiger partial charge in [0.25, 0.3) is 0 Å². The van der Waals surface area contributed by atoms with Crippen molar-refractivity contribution in [3.8, 4) is 5.75 Å². The number of halogens is 1. The first-order chi connectivity index (χ1) is 13.4. The predicted molar refractivity (Wildman–Crippen MR) is 117 cm³/mol. The molecule has 3 rings (SSSR count). The molecule has 0 aromatic heterocycles. The Balaban J connectivity index is 1.88. The molecule has 0 radical (unpaired) electrons. The number of benzene rings is 2. The Morgan fingerprint density at radius 3 is 2.71 bits per heavy atom. The molecule has 1 heterocycles. The maximum absolute atomic E-state index is 9.91. The smallest absolute Gasteiger partial charge is 0.458 e. The molecule has 0 fully saturated rings. The largest absolute Gasteiger partial charge is 0.508 e. The number of rotatable bonds is 6. The lowest BCUT2D eigenvalue weighted by atomic mass is 9.78. The third-order valence-electron chi connectivity index (χ3n) is 4.83. The third kappa shape index (κ3) is 5.17. The highest BCUT2D eigenvalue weighted by Crippen LogP contribution is 2.32. The second-order valence-corrected chi connectivity index (χ2v) is 7.44. The Morgan fingerprint density at radius 1 is 1.29 bits per heavy atom. The van der Waals surface area contributed by atoms with Gasteiger partial charge in [-0.25, -0.2) is 0 Å². The van der Waals surface area contributed by atoms with E-state index < -0.39 is 7.12 Å². The summed E-state index contributed by atoms with van der Waals surface area (Å²) in [6.45, 7) is 6.00. The molecule has 3 nitrogen and oxygen atoms in total. The van der Waals surface area contributed by atoms with Crippen molar-refractivity contribution in [2.24, 2.45) is 0 Å². The first-order valence-electron chi connectivity index (χ1n) is 9.38. The molecule has 1 atom stereocenters. The zero-order chi connectivity index (χ0) is 20.1. The second kappa shape index (κ2) is 9.29. The van der Waals surface area contributed by atoms with Crippen LogP contribution in [0.25, 0.3) is 11.6 Å². The van der Waals surface area contributed by atoms with Crippen LogP contribution in [0, 0.1) is 0 Å². The zero-order valence-corrected chi connectivity index (χ0v) is 16.7. The Bertz CT molecular complexity index is 905. The Kier molecular flexibility index (Phi) is 6.79. The van der Waals surface area contributed by atoms with Gasteiger partial charge in [0, 0.05) is 6.32 Å². The van der Waals surface area contributed by atoms with Gasteiger partial charge in [-0.15, -0.1) is 0 Å². The molecule has 1 aliphatic rings. The molecule has 0 saturated carbocycles. The average molecular weight is 395 g/mol. The number of hydrogen-bond acceptors (Lipinski definition) is 3. The van der Waals surface area contributed by atoms with E-state index in [0.717, 1.165) is 34.3 Å². The van der Waals surface area contributed by atoms with Gasteiger partial charge in [-0.1, -0.05) is 60.2 Å². The van der Waals surface area contributed by atoms with Crippen molar-refractivity contribution in [1.29, 1.82) is 0 Å². The van der Waals surface area contributed by atoms with E-state index in [4.69, 9.17) is 16.3 Å². The van der Waals surface area contributed by atoms with Crippen molar-refractivity contribution in [2.75, 3.05) is 0 Å². The summed E-state index contributed by atoms with van der Waals surface area (Å²) >= 11 is 6.31. The molecule has 2 aromatic carbocycles. The highest BCUT2D eigenvalue weighted by atomic mass is 35.5. The van der Waals surface area contributed by atoms with Gasteiger partial charge in [0.2, 0.25) is 0 Å². The molecular formula is C23H24BClO3. The lowest BCUT2D eigenvalue weighted by Crippen LogP contribution is -2.31. The summed E-state index contributed by atoms with van der Waals surface area (Å²) in [7, 11) is -0.774. The van der Waals surface area contributed by atoms with Crippen molar-refractivity contribution in [2.45, 2.75) is 32.2 Å². The van der Waals surface area contributed by atoms with Crippen LogP contribution in [-0.2, 0) is 4.65 Å². The molecule has 0 saturated heterocycles. The van der Waals surface area contributed by atoms with Crippen molar-refractivity contribution in [3.05, 3.63) is 88.5 Å². The van der Waals surface area contributed by atoms with E-state index >= 15 is 0 Å². The summed E-state index contributed by atoms with van der Waals surface area (Å²) in [6, 6.07) is 15.1. The molecule has 0 spiro atoms. The maximum Gasteiger partial charge on any atom is 0.458 e. The van der Waals surface area contributed by atoms with Crippen LogP contribution in [-0.4, -0.2) is 23.4 Å². The summed E-state index contributed by atoms with van der Waals surface area (Å²) in [5, 5.41) is 20.0. The van der Waals surface area contributed by atoms with Gasteiger partial charge < -0.3 is 14.8 Å². The van der Waals surface area contributed by atoms with Crippen molar-refractivity contribution < 1.29 is 14.8 Å². The lowest BCUT2D eigenvalue weighted by Gasteiger charge is -2.27. The Labute approximate surface area is 171 Å². The number of phenolic OH excluding ortho intramolecular Hbond substituents is 1. The molecular weight excluding hydrogens is 371 g/mol. The topological polar surface area (TPSA) is 49.7 Å². The molecule has 0 aliphatic carbocycles. The molecule has 1 unspecified atom stereocenters. The highest BCUT2D eigenvalue weighted by Gasteiger charge is 2.27. The van der Waals surface area contributed by atoms with Gasteiger partial charge in [0.1, 0.15) is 5.75 Å². The number of aromatic hydroxyl groups is 1. The second-order valence-electron chi connectivity index (χ2n) is 7.03. The summed E-state index contributed by atoms with van der Waals surface area (Å²) in [5.74, 6) is 0.143. The van der Waals surface area contributed by atoms with Gasteiger partial charge in [-0.3, -0.25) is 0 Å². The summed E-state index contributed by atoms with van der Waals surface area (Å²) in [5.41, 5.74) is 5.07. The number of phenols is 1. The molecule has 28 heavy (non-hydrogen) atoms. The Hall–Kier alpha value is -2.27. The van der Waals surface area contributed by atoms with E-state index in [-0.39, 0.29) is 11.9 Å². The normalized spacial score (nSPS) is 17.4. The molecule has 0 amide bonds. The van der Waals surface area contributed by atoms with Gasteiger partial charge in [-0.05, 0) is 66.3 Å². The molecule has 2 N–H and O–H groups in total. The van der Waals surface area contributed by atoms with Crippen LogP contribution in [0.4, 0.5) is 0 Å². The van der Waals surface area contributed by atoms with Gasteiger partial charge in [0.05, 0.1) is 11.1 Å². The van der Waals surface area contributed by atoms with Crippen LogP contribution in [0.5, 0.6) is 5.75 Å². The third-order valence-corrected chi connectivity index (χ3v) is 5.16. The molecule has 0 bridgehead atoms. The number of allylic oxidation sites excluding steroid dienone is 2. The van der Waals surface area contributed by atoms with E-state index in [2.05, 4.69) is 18.7 Å². The maximum atomic E-state index is 9.91. The zero-order valence-electron chi connectivity index (χ0n) is 15.9. The van der Waals surface area contributed by atoms with Gasteiger partial charge in [-0.2, -0.15) is 0 Å². The van der Waals surface area contributed by atoms with Crippen LogP contribution in [0.2, 0.25) is 11.3 Å². The van der Waals surface area contributed by atoms with E-state index in [1.165, 1.54) is 0 Å². The highest BCUT2D eigenvalue weighted by molar-refractivity contribution is 6.43. The van der Waals surface area contributed by atoms with Crippen LogP contribution in [0.1, 0.15) is 30.9 Å². The summed E-state index contributed by atoms with van der Waals surface area (Å²) in [6.07, 6.45) is 5.81. The van der Waals surface area contributed by atoms with Gasteiger partial charge in [0.15, 0.2) is 0 Å². The van der Waals surface area contributed by atoms with E-state index in [1.54, 1.807) is 18.2 Å². The quantitative estimate of drug-likeness (QED) is 0.484. The number of hydrogen-bond donors (Lipinski definition) is 2. The first-order valence-corrected chi connectivity index (χ1v) is 9.76. The fourth-order valence-electron chi connectivity index (χ4n) is 3.41. The lowest BCUT2D eigenvalue weighted by molar-refractivity contribution is 0.184. The van der Waals surface area contributed by atoms with Crippen molar-refractivity contribution in [3.63, 3.8) is 0 Å². The van der Waals surface area contributed by atoms with E-state index in [1.807, 2.05) is 37.3 Å². The minimum Gasteiger partial charge on any atom is -0.508 e. The predicted octanol–water partition coefficient (Wildman–Crippen LogP) is 5.75.